The van der Waals surface area contributed by atoms with Gasteiger partial charge in [0.15, 0.2) is 6.23 Å². The third kappa shape index (κ3) is 7.01. The summed E-state index contributed by atoms with van der Waals surface area (Å²) in [6.07, 6.45) is -4.99. The molecule has 1 aliphatic heterocycles. The van der Waals surface area contributed by atoms with Gasteiger partial charge in [0.2, 0.25) is 0 Å². The van der Waals surface area contributed by atoms with E-state index in [0.717, 1.165) is 12.3 Å². The number of H-pyrrole nitrogens is 1. The first-order chi connectivity index (χ1) is 17.8. The quantitative estimate of drug-likeness (QED) is 0.202. The van der Waals surface area contributed by atoms with E-state index in [2.05, 4.69) is 5.09 Å². The molecule has 6 atom stereocenters. The molecule has 3 rings (SSSR count). The maximum Gasteiger partial charge on any atom is 0.459 e. The Hall–Kier alpha value is -2.74. The van der Waals surface area contributed by atoms with Crippen LogP contribution in [-0.4, -0.2) is 63.8 Å². The molecule has 1 saturated heterocycles. The van der Waals surface area contributed by atoms with Crippen LogP contribution in [0.15, 0.2) is 46.1 Å². The Bertz CT molecular complexity index is 1290. The Morgan fingerprint density at radius 3 is 2.47 bits per heavy atom. The molecule has 2 unspecified atom stereocenters. The first-order valence-corrected chi connectivity index (χ1v) is 13.3. The number of carbonyl (C=O) groups is 1. The molecule has 2 heterocycles. The number of halogens is 2. The van der Waals surface area contributed by atoms with Crippen molar-refractivity contribution >= 4 is 25.3 Å². The summed E-state index contributed by atoms with van der Waals surface area (Å²) in [7, 11) is -2.96. The normalized spacial score (nSPS) is 25.5. The standard InChI is InChI=1S/C22H28ClFN3O10P/c1-12(2)35-19(30)13(3)26-38(32,37-15-7-5-14(33-4)6-8-15)34-11-16-18(29)22(23,24)20(36-16)27-10-9-17(28)25-21(27)31/h5-10,12-13,16,18,20,29H,11H2,1-4H3,(H,26,32)(H,25,28,31)/t13-,16+,18+,20?,22+,38?/m0/s1. The van der Waals surface area contributed by atoms with Crippen molar-refractivity contribution in [1.29, 1.82) is 0 Å². The number of hydrogen-bond donors (Lipinski definition) is 3. The second-order valence-corrected chi connectivity index (χ2v) is 10.8. The molecule has 1 aliphatic rings. The van der Waals surface area contributed by atoms with Gasteiger partial charge < -0.3 is 23.8 Å². The highest BCUT2D eigenvalue weighted by Crippen LogP contribution is 2.48. The molecule has 210 valence electrons. The molecule has 0 spiro atoms. The summed E-state index contributed by atoms with van der Waals surface area (Å²) in [4.78, 5) is 37.7. The van der Waals surface area contributed by atoms with Crippen molar-refractivity contribution in [1.82, 2.24) is 14.6 Å². The zero-order valence-electron chi connectivity index (χ0n) is 20.8. The molecule has 2 aromatic rings. The number of esters is 1. The Morgan fingerprint density at radius 2 is 1.89 bits per heavy atom. The molecular formula is C22H28ClFN3O10P. The molecule has 1 aromatic carbocycles. The van der Waals surface area contributed by atoms with Gasteiger partial charge in [-0.15, -0.1) is 0 Å². The molecule has 0 radical (unpaired) electrons. The number of methoxy groups -OCH3 is 1. The SMILES string of the molecule is COc1ccc(OP(=O)(N[C@@H](C)C(=O)OC(C)C)OC[C@H]2OC(n3ccc(=O)[nH]c3=O)[C@@](F)(Cl)[C@@H]2O)cc1. The highest BCUT2D eigenvalue weighted by Gasteiger charge is 2.58. The van der Waals surface area contributed by atoms with Crippen LogP contribution in [0.25, 0.3) is 0 Å². The second kappa shape index (κ2) is 12.0. The minimum atomic E-state index is -4.41. The van der Waals surface area contributed by atoms with E-state index in [0.29, 0.717) is 10.3 Å². The number of ether oxygens (including phenoxy) is 3. The summed E-state index contributed by atoms with van der Waals surface area (Å²) in [5, 5.41) is 9.88. The van der Waals surface area contributed by atoms with Gasteiger partial charge in [-0.25, -0.2) is 13.8 Å². The molecular weight excluding hydrogens is 552 g/mol. The van der Waals surface area contributed by atoms with Crippen molar-refractivity contribution in [3.05, 3.63) is 57.4 Å². The van der Waals surface area contributed by atoms with Crippen molar-refractivity contribution in [2.75, 3.05) is 13.7 Å². The average Bonchev–Trinajstić information content (AvgIpc) is 3.06. The summed E-state index contributed by atoms with van der Waals surface area (Å²) in [6, 6.07) is 5.68. The third-order valence-corrected chi connectivity index (χ3v) is 7.29. The molecule has 0 saturated carbocycles. The fourth-order valence-electron chi connectivity index (χ4n) is 3.38. The lowest BCUT2D eigenvalue weighted by molar-refractivity contribution is -0.149. The lowest BCUT2D eigenvalue weighted by Crippen LogP contribution is -2.42. The fourth-order valence-corrected chi connectivity index (χ4v) is 5.18. The Balaban J connectivity index is 1.81. The lowest BCUT2D eigenvalue weighted by atomic mass is 10.1. The largest absolute Gasteiger partial charge is 0.497 e. The summed E-state index contributed by atoms with van der Waals surface area (Å²) in [5.74, 6) is -0.198. The van der Waals surface area contributed by atoms with Crippen molar-refractivity contribution in [3.63, 3.8) is 0 Å². The van der Waals surface area contributed by atoms with Crippen LogP contribution in [-0.2, 0) is 23.4 Å². The van der Waals surface area contributed by atoms with Crippen LogP contribution in [0, 0.1) is 0 Å². The average molecular weight is 580 g/mol. The maximum absolute atomic E-state index is 15.3. The number of aliphatic hydroxyl groups excluding tert-OH is 1. The van der Waals surface area contributed by atoms with E-state index >= 15 is 4.39 Å². The minimum Gasteiger partial charge on any atom is -0.497 e. The molecule has 13 nitrogen and oxygen atoms in total. The molecule has 16 heteroatoms. The molecule has 1 aromatic heterocycles. The predicted octanol–water partition coefficient (Wildman–Crippen LogP) is 1.84. The fraction of sp³-hybridized carbons (Fsp3) is 0.500. The van der Waals surface area contributed by atoms with Gasteiger partial charge in [-0.1, -0.05) is 11.6 Å². The summed E-state index contributed by atoms with van der Waals surface area (Å²) < 4.78 is 56.1. The van der Waals surface area contributed by atoms with E-state index in [1.807, 2.05) is 4.98 Å². The topological polar surface area (TPSA) is 167 Å². The van der Waals surface area contributed by atoms with Crippen molar-refractivity contribution in [2.45, 2.75) is 56.5 Å². The number of alkyl halides is 2. The third-order valence-electron chi connectivity index (χ3n) is 5.23. The van der Waals surface area contributed by atoms with Crippen LogP contribution >= 0.6 is 19.3 Å². The molecule has 1 fully saturated rings. The molecule has 0 bridgehead atoms. The first-order valence-electron chi connectivity index (χ1n) is 11.3. The number of aromatic amines is 1. The number of benzene rings is 1. The smallest absolute Gasteiger partial charge is 0.459 e. The first kappa shape index (κ1) is 29.8. The second-order valence-electron chi connectivity index (χ2n) is 8.56. The number of aromatic nitrogens is 2. The predicted molar refractivity (Wildman–Crippen MR) is 132 cm³/mol. The highest BCUT2D eigenvalue weighted by atomic mass is 35.5. The zero-order chi connectivity index (χ0) is 28.3. The number of nitrogens with one attached hydrogen (secondary N) is 2. The van der Waals surface area contributed by atoms with Crippen molar-refractivity contribution in [2.24, 2.45) is 0 Å². The van der Waals surface area contributed by atoms with E-state index in [-0.39, 0.29) is 5.75 Å². The monoisotopic (exact) mass is 579 g/mol. The number of rotatable bonds is 11. The van der Waals surface area contributed by atoms with E-state index in [1.54, 1.807) is 13.8 Å². The number of nitrogens with zero attached hydrogens (tertiary/aromatic N) is 1. The van der Waals surface area contributed by atoms with Gasteiger partial charge in [-0.3, -0.25) is 23.7 Å². The lowest BCUT2D eigenvalue weighted by Gasteiger charge is -2.25. The number of aliphatic hydroxyl groups is 1. The van der Waals surface area contributed by atoms with E-state index in [9.17, 15) is 24.1 Å². The maximum atomic E-state index is 15.3. The van der Waals surface area contributed by atoms with Crippen LogP contribution in [0.1, 0.15) is 27.0 Å². The molecule has 38 heavy (non-hydrogen) atoms. The van der Waals surface area contributed by atoms with Crippen LogP contribution in [0.5, 0.6) is 11.5 Å². The Kier molecular flexibility index (Phi) is 9.39. The van der Waals surface area contributed by atoms with Gasteiger partial charge in [-0.05, 0) is 45.0 Å². The van der Waals surface area contributed by atoms with E-state index in [1.165, 1.54) is 38.3 Å². The van der Waals surface area contributed by atoms with Gasteiger partial charge >= 0.3 is 19.4 Å². The van der Waals surface area contributed by atoms with Gasteiger partial charge in [0, 0.05) is 12.3 Å². The Morgan fingerprint density at radius 1 is 1.26 bits per heavy atom. The van der Waals surface area contributed by atoms with Crippen LogP contribution in [0.2, 0.25) is 0 Å². The minimum absolute atomic E-state index is 0.0637. The number of carbonyl (C=O) groups excluding carboxylic acids is 1. The molecule has 0 aliphatic carbocycles. The Labute approximate surface area is 221 Å². The van der Waals surface area contributed by atoms with Gasteiger partial charge in [-0.2, -0.15) is 5.09 Å². The van der Waals surface area contributed by atoms with Crippen LogP contribution in [0.3, 0.4) is 0 Å². The van der Waals surface area contributed by atoms with Crippen LogP contribution in [0.4, 0.5) is 4.39 Å². The summed E-state index contributed by atoms with van der Waals surface area (Å²) >= 11 is 5.87. The van der Waals surface area contributed by atoms with Crippen LogP contribution < -0.4 is 25.6 Å². The van der Waals surface area contributed by atoms with Gasteiger partial charge in [0.1, 0.15) is 29.7 Å². The van der Waals surface area contributed by atoms with Crippen molar-refractivity contribution < 1.29 is 42.1 Å². The zero-order valence-corrected chi connectivity index (χ0v) is 22.5. The van der Waals surface area contributed by atoms with Gasteiger partial charge in [0.25, 0.3) is 10.7 Å². The van der Waals surface area contributed by atoms with Crippen molar-refractivity contribution in [3.8, 4) is 11.5 Å². The van der Waals surface area contributed by atoms with Gasteiger partial charge in [0.05, 0.1) is 19.8 Å². The summed E-state index contributed by atoms with van der Waals surface area (Å²) in [5.41, 5.74) is -1.77. The molecule has 3 N–H and O–H groups in total. The van der Waals surface area contributed by atoms with E-state index in [4.69, 9.17) is 34.9 Å². The summed E-state index contributed by atoms with van der Waals surface area (Å²) in [6.45, 7) is 3.88. The van der Waals surface area contributed by atoms with E-state index < -0.39 is 67.3 Å². The molecule has 0 amide bonds. The highest BCUT2D eigenvalue weighted by molar-refractivity contribution is 7.52. The number of hydrogen-bond acceptors (Lipinski definition) is 10.